The number of aromatic carboxylic acids is 1. The number of carboxylic acid groups (broad SMARTS) is 1. The molecule has 0 spiro atoms. The van der Waals surface area contributed by atoms with Crippen LogP contribution in [0.15, 0.2) is 18.2 Å². The van der Waals surface area contributed by atoms with Crippen molar-refractivity contribution in [2.45, 2.75) is 53.2 Å². The number of amides is 1. The van der Waals surface area contributed by atoms with Crippen molar-refractivity contribution in [1.29, 1.82) is 0 Å². The number of benzene rings is 1. The largest absolute Gasteiger partial charge is 0.478 e. The molecule has 0 aromatic heterocycles. The highest BCUT2D eigenvalue weighted by atomic mass is 16.6. The van der Waals surface area contributed by atoms with E-state index in [1.54, 1.807) is 39.8 Å². The number of ether oxygens (including phenoxy) is 1. The van der Waals surface area contributed by atoms with Gasteiger partial charge < -0.3 is 9.84 Å². The van der Waals surface area contributed by atoms with Gasteiger partial charge in [-0.3, -0.25) is 4.90 Å². The van der Waals surface area contributed by atoms with Gasteiger partial charge in [0.05, 0.1) is 11.3 Å². The summed E-state index contributed by atoms with van der Waals surface area (Å²) in [4.78, 5) is 25.1. The molecule has 0 bridgehead atoms. The molecule has 1 rings (SSSR count). The van der Waals surface area contributed by atoms with Crippen LogP contribution in [0.3, 0.4) is 0 Å². The van der Waals surface area contributed by atoms with E-state index >= 15 is 0 Å². The molecule has 0 radical (unpaired) electrons. The lowest BCUT2D eigenvalue weighted by molar-refractivity contribution is 0.0568. The highest BCUT2D eigenvalue weighted by molar-refractivity contribution is 5.95. The SMILES string of the molecule is Cc1c(C(=O)O)cccc1N(C(=O)OC(C)(C)C)C(C)C. The van der Waals surface area contributed by atoms with Gasteiger partial charge in [0, 0.05) is 6.04 Å². The van der Waals surface area contributed by atoms with Crippen LogP contribution in [0.1, 0.15) is 50.5 Å². The lowest BCUT2D eigenvalue weighted by Crippen LogP contribution is -2.41. The molecule has 1 amide bonds. The van der Waals surface area contributed by atoms with Crippen molar-refractivity contribution in [2.75, 3.05) is 4.90 Å². The van der Waals surface area contributed by atoms with Crippen molar-refractivity contribution in [2.24, 2.45) is 0 Å². The van der Waals surface area contributed by atoms with Gasteiger partial charge in [0.25, 0.3) is 0 Å². The maximum Gasteiger partial charge on any atom is 0.415 e. The van der Waals surface area contributed by atoms with Crippen LogP contribution in [0.5, 0.6) is 0 Å². The Balaban J connectivity index is 3.28. The number of nitrogens with zero attached hydrogens (tertiary/aromatic N) is 1. The molecule has 5 heteroatoms. The molecule has 0 aliphatic carbocycles. The summed E-state index contributed by atoms with van der Waals surface area (Å²) in [5.74, 6) is -1.01. The summed E-state index contributed by atoms with van der Waals surface area (Å²) < 4.78 is 5.41. The number of hydrogen-bond acceptors (Lipinski definition) is 3. The van der Waals surface area contributed by atoms with Crippen LogP contribution in [0.4, 0.5) is 10.5 Å². The van der Waals surface area contributed by atoms with Crippen LogP contribution in [-0.4, -0.2) is 28.8 Å². The highest BCUT2D eigenvalue weighted by Gasteiger charge is 2.27. The number of hydrogen-bond donors (Lipinski definition) is 1. The lowest BCUT2D eigenvalue weighted by atomic mass is 10.1. The third-order valence-electron chi connectivity index (χ3n) is 2.90. The van der Waals surface area contributed by atoms with E-state index in [0.29, 0.717) is 11.3 Å². The van der Waals surface area contributed by atoms with Crippen LogP contribution in [0.25, 0.3) is 0 Å². The number of carbonyl (C=O) groups excluding carboxylic acids is 1. The van der Waals surface area contributed by atoms with Crippen molar-refractivity contribution in [3.05, 3.63) is 29.3 Å². The molecule has 1 N–H and O–H groups in total. The fourth-order valence-electron chi connectivity index (χ4n) is 2.01. The minimum atomic E-state index is -1.01. The number of anilines is 1. The second-order valence-corrected chi connectivity index (χ2v) is 6.20. The molecule has 0 aliphatic rings. The highest BCUT2D eigenvalue weighted by Crippen LogP contribution is 2.27. The minimum Gasteiger partial charge on any atom is -0.478 e. The zero-order valence-corrected chi connectivity index (χ0v) is 13.4. The van der Waals surface area contributed by atoms with Gasteiger partial charge in [-0.1, -0.05) is 6.07 Å². The Morgan fingerprint density at radius 1 is 1.24 bits per heavy atom. The molecule has 0 unspecified atom stereocenters. The summed E-state index contributed by atoms with van der Waals surface area (Å²) in [6, 6.07) is 4.73. The van der Waals surface area contributed by atoms with Crippen LogP contribution < -0.4 is 4.90 Å². The molecule has 0 heterocycles. The van der Waals surface area contributed by atoms with Crippen LogP contribution >= 0.6 is 0 Å². The topological polar surface area (TPSA) is 66.8 Å². The summed E-state index contributed by atoms with van der Waals surface area (Å²) in [7, 11) is 0. The monoisotopic (exact) mass is 293 g/mol. The van der Waals surface area contributed by atoms with E-state index in [4.69, 9.17) is 4.74 Å². The molecule has 5 nitrogen and oxygen atoms in total. The predicted molar refractivity (Wildman–Crippen MR) is 82.0 cm³/mol. The average Bonchev–Trinajstić information content (AvgIpc) is 2.28. The lowest BCUT2D eigenvalue weighted by Gasteiger charge is -2.31. The third kappa shape index (κ3) is 4.21. The number of rotatable bonds is 3. The van der Waals surface area contributed by atoms with Gasteiger partial charge in [-0.15, -0.1) is 0 Å². The van der Waals surface area contributed by atoms with Crippen LogP contribution in [0.2, 0.25) is 0 Å². The standard InChI is InChI=1S/C16H23NO4/c1-10(2)17(15(20)21-16(4,5)6)13-9-7-8-12(11(13)3)14(18)19/h7-10H,1-6H3,(H,18,19). The summed E-state index contributed by atoms with van der Waals surface area (Å²) >= 11 is 0. The van der Waals surface area contributed by atoms with E-state index in [2.05, 4.69) is 0 Å². The molecule has 1 aromatic rings. The molecular weight excluding hydrogens is 270 g/mol. The molecule has 0 saturated carbocycles. The molecule has 0 aliphatic heterocycles. The Hall–Kier alpha value is -2.04. The third-order valence-corrected chi connectivity index (χ3v) is 2.90. The Morgan fingerprint density at radius 2 is 1.81 bits per heavy atom. The first-order chi connectivity index (χ1) is 9.54. The molecule has 21 heavy (non-hydrogen) atoms. The van der Waals surface area contributed by atoms with Gasteiger partial charge in [0.2, 0.25) is 0 Å². The van der Waals surface area contributed by atoms with Crippen molar-refractivity contribution in [1.82, 2.24) is 0 Å². The maximum atomic E-state index is 12.4. The van der Waals surface area contributed by atoms with Gasteiger partial charge in [0.15, 0.2) is 0 Å². The van der Waals surface area contributed by atoms with E-state index in [0.717, 1.165) is 0 Å². The van der Waals surface area contributed by atoms with Gasteiger partial charge in [-0.2, -0.15) is 0 Å². The summed E-state index contributed by atoms with van der Waals surface area (Å²) in [5, 5.41) is 9.20. The van der Waals surface area contributed by atoms with E-state index in [1.807, 2.05) is 13.8 Å². The first-order valence-corrected chi connectivity index (χ1v) is 6.89. The average molecular weight is 293 g/mol. The van der Waals surface area contributed by atoms with Crippen molar-refractivity contribution >= 4 is 17.7 Å². The van der Waals surface area contributed by atoms with Crippen molar-refractivity contribution in [3.8, 4) is 0 Å². The number of carbonyl (C=O) groups is 2. The van der Waals surface area contributed by atoms with Crippen LogP contribution in [-0.2, 0) is 4.74 Å². The van der Waals surface area contributed by atoms with Crippen molar-refractivity contribution < 1.29 is 19.4 Å². The first-order valence-electron chi connectivity index (χ1n) is 6.89. The van der Waals surface area contributed by atoms with E-state index < -0.39 is 17.7 Å². The summed E-state index contributed by atoms with van der Waals surface area (Å²) in [6.45, 7) is 10.8. The summed E-state index contributed by atoms with van der Waals surface area (Å²) in [5.41, 5.74) is 0.674. The fourth-order valence-corrected chi connectivity index (χ4v) is 2.01. The van der Waals surface area contributed by atoms with Crippen LogP contribution in [0, 0.1) is 6.92 Å². The molecule has 116 valence electrons. The maximum absolute atomic E-state index is 12.4. The first kappa shape index (κ1) is 17.0. The molecule has 1 aromatic carbocycles. The molecule has 0 saturated heterocycles. The van der Waals surface area contributed by atoms with Gasteiger partial charge >= 0.3 is 12.1 Å². The smallest absolute Gasteiger partial charge is 0.415 e. The van der Waals surface area contributed by atoms with E-state index in [9.17, 15) is 14.7 Å². The second kappa shape index (κ2) is 6.16. The number of carboxylic acids is 1. The Labute approximate surface area is 125 Å². The fraction of sp³-hybridized carbons (Fsp3) is 0.500. The van der Waals surface area contributed by atoms with Gasteiger partial charge in [-0.05, 0) is 59.2 Å². The molecule has 0 atom stereocenters. The molecular formula is C16H23NO4. The normalized spacial score (nSPS) is 11.4. The minimum absolute atomic E-state index is 0.150. The second-order valence-electron chi connectivity index (χ2n) is 6.20. The molecule has 0 fully saturated rings. The Kier molecular flexibility index (Phi) is 4.99. The zero-order valence-electron chi connectivity index (χ0n) is 13.4. The van der Waals surface area contributed by atoms with Gasteiger partial charge in [-0.25, -0.2) is 9.59 Å². The van der Waals surface area contributed by atoms with Gasteiger partial charge in [0.1, 0.15) is 5.60 Å². The quantitative estimate of drug-likeness (QED) is 0.919. The summed E-state index contributed by atoms with van der Waals surface area (Å²) in [6.07, 6.45) is -0.483. The van der Waals surface area contributed by atoms with E-state index in [1.165, 1.54) is 11.0 Å². The Bertz CT molecular complexity index is 544. The predicted octanol–water partition coefficient (Wildman–Crippen LogP) is 3.84. The Morgan fingerprint density at radius 3 is 2.24 bits per heavy atom. The van der Waals surface area contributed by atoms with Crippen molar-refractivity contribution in [3.63, 3.8) is 0 Å². The zero-order chi connectivity index (χ0) is 16.4. The van der Waals surface area contributed by atoms with E-state index in [-0.39, 0.29) is 11.6 Å².